The number of benzene rings is 1. The zero-order chi connectivity index (χ0) is 18.8. The number of nitrogens with one attached hydrogen (secondary N) is 1. The zero-order valence-electron chi connectivity index (χ0n) is 15.0. The summed E-state index contributed by atoms with van der Waals surface area (Å²) in [6.07, 6.45) is 0.868. The van der Waals surface area contributed by atoms with Crippen LogP contribution in [0.25, 0.3) is 0 Å². The quantitative estimate of drug-likeness (QED) is 0.724. The molecule has 2 amide bonds. The van der Waals surface area contributed by atoms with E-state index >= 15 is 0 Å². The lowest BCUT2D eigenvalue weighted by molar-refractivity contribution is -0.132. The summed E-state index contributed by atoms with van der Waals surface area (Å²) in [5.74, 6) is -0.265. The van der Waals surface area contributed by atoms with Gasteiger partial charge in [-0.15, -0.1) is 22.7 Å². The fourth-order valence-electron chi connectivity index (χ4n) is 3.48. The molecular formula is C21H20N2O2S2. The highest BCUT2D eigenvalue weighted by Gasteiger charge is 2.33. The number of carbonyl (C=O) groups is 2. The first-order chi connectivity index (χ1) is 13.1. The summed E-state index contributed by atoms with van der Waals surface area (Å²) in [4.78, 5) is 29.7. The van der Waals surface area contributed by atoms with E-state index in [1.54, 1.807) is 28.7 Å². The van der Waals surface area contributed by atoms with Gasteiger partial charge in [0.15, 0.2) is 0 Å². The maximum Gasteiger partial charge on any atom is 0.251 e. The maximum atomic E-state index is 13.0. The number of amides is 2. The molecular weight excluding hydrogens is 376 g/mol. The van der Waals surface area contributed by atoms with Gasteiger partial charge in [-0.1, -0.05) is 23.8 Å². The Labute approximate surface area is 166 Å². The Balaban J connectivity index is 1.50. The molecule has 3 heterocycles. The van der Waals surface area contributed by atoms with E-state index in [1.807, 2.05) is 41.5 Å². The van der Waals surface area contributed by atoms with Crippen molar-refractivity contribution < 1.29 is 9.59 Å². The van der Waals surface area contributed by atoms with Crippen molar-refractivity contribution in [2.45, 2.75) is 19.4 Å². The minimum Gasteiger partial charge on any atom is -0.343 e. The van der Waals surface area contributed by atoms with Gasteiger partial charge >= 0.3 is 0 Å². The Bertz CT molecular complexity index is 962. The molecule has 2 aromatic heterocycles. The molecule has 0 fully saturated rings. The van der Waals surface area contributed by atoms with Crippen molar-refractivity contribution in [1.82, 2.24) is 10.2 Å². The van der Waals surface area contributed by atoms with Gasteiger partial charge in [0, 0.05) is 21.9 Å². The van der Waals surface area contributed by atoms with Crippen LogP contribution >= 0.6 is 22.7 Å². The first-order valence-electron chi connectivity index (χ1n) is 8.87. The fraction of sp³-hybridized carbons (Fsp3) is 0.238. The Morgan fingerprint density at radius 1 is 1.15 bits per heavy atom. The van der Waals surface area contributed by atoms with Gasteiger partial charge in [0.2, 0.25) is 5.91 Å². The summed E-state index contributed by atoms with van der Waals surface area (Å²) in [7, 11) is 0. The van der Waals surface area contributed by atoms with Crippen LogP contribution in [-0.4, -0.2) is 29.8 Å². The second kappa shape index (κ2) is 7.66. The summed E-state index contributed by atoms with van der Waals surface area (Å²) in [6, 6.07) is 13.5. The molecule has 4 rings (SSSR count). The predicted molar refractivity (Wildman–Crippen MR) is 109 cm³/mol. The molecule has 1 aliphatic heterocycles. The second-order valence-corrected chi connectivity index (χ2v) is 8.59. The molecule has 0 aliphatic carbocycles. The number of carbonyl (C=O) groups excluding carboxylic acids is 2. The lowest BCUT2D eigenvalue weighted by Gasteiger charge is -2.35. The van der Waals surface area contributed by atoms with E-state index in [1.165, 1.54) is 10.4 Å². The van der Waals surface area contributed by atoms with Gasteiger partial charge in [0.05, 0.1) is 12.6 Å². The number of hydrogen-bond donors (Lipinski definition) is 1. The molecule has 0 bridgehead atoms. The molecule has 3 aromatic rings. The van der Waals surface area contributed by atoms with E-state index in [0.29, 0.717) is 12.1 Å². The number of thiophene rings is 2. The average molecular weight is 397 g/mol. The molecule has 27 heavy (non-hydrogen) atoms. The third kappa shape index (κ3) is 3.68. The van der Waals surface area contributed by atoms with E-state index in [0.717, 1.165) is 16.9 Å². The third-order valence-electron chi connectivity index (χ3n) is 4.78. The molecule has 1 aliphatic rings. The van der Waals surface area contributed by atoms with Crippen molar-refractivity contribution in [2.24, 2.45) is 0 Å². The van der Waals surface area contributed by atoms with E-state index in [2.05, 4.69) is 22.8 Å². The lowest BCUT2D eigenvalue weighted by Crippen LogP contribution is -2.45. The molecule has 0 radical (unpaired) electrons. The van der Waals surface area contributed by atoms with E-state index < -0.39 is 0 Å². The third-order valence-corrected chi connectivity index (χ3v) is 6.70. The average Bonchev–Trinajstić information content (AvgIpc) is 3.36. The van der Waals surface area contributed by atoms with Crippen molar-refractivity contribution in [3.8, 4) is 0 Å². The topological polar surface area (TPSA) is 49.4 Å². The second-order valence-electron chi connectivity index (χ2n) is 6.61. The van der Waals surface area contributed by atoms with E-state index in [9.17, 15) is 9.59 Å². The first kappa shape index (κ1) is 17.9. The Kier molecular flexibility index (Phi) is 5.09. The monoisotopic (exact) mass is 396 g/mol. The maximum absolute atomic E-state index is 13.0. The van der Waals surface area contributed by atoms with Crippen molar-refractivity contribution in [3.05, 3.63) is 79.7 Å². The molecule has 1 N–H and O–H groups in total. The van der Waals surface area contributed by atoms with Gasteiger partial charge in [0.1, 0.15) is 0 Å². The molecule has 0 saturated carbocycles. The van der Waals surface area contributed by atoms with Crippen molar-refractivity contribution in [1.29, 1.82) is 0 Å². The van der Waals surface area contributed by atoms with Crippen LogP contribution in [0, 0.1) is 6.92 Å². The van der Waals surface area contributed by atoms with Gasteiger partial charge in [0.25, 0.3) is 5.91 Å². The largest absolute Gasteiger partial charge is 0.343 e. The first-order valence-corrected chi connectivity index (χ1v) is 10.6. The Morgan fingerprint density at radius 2 is 2.04 bits per heavy atom. The number of nitrogens with zero attached hydrogens (tertiary/aromatic N) is 1. The normalized spacial score (nSPS) is 16.0. The number of fused-ring (bicyclic) bond motifs is 1. The van der Waals surface area contributed by atoms with E-state index in [4.69, 9.17) is 0 Å². The minimum atomic E-state index is -0.215. The van der Waals surface area contributed by atoms with Gasteiger partial charge < -0.3 is 10.2 Å². The van der Waals surface area contributed by atoms with Gasteiger partial charge in [-0.3, -0.25) is 9.59 Å². The minimum absolute atomic E-state index is 0.00806. The number of aryl methyl sites for hydroxylation is 1. The highest BCUT2D eigenvalue weighted by atomic mass is 32.1. The molecule has 138 valence electrons. The van der Waals surface area contributed by atoms with Crippen LogP contribution in [0.4, 0.5) is 0 Å². The molecule has 0 saturated heterocycles. The summed E-state index contributed by atoms with van der Waals surface area (Å²) in [5, 5.41) is 6.92. The van der Waals surface area contributed by atoms with Crippen LogP contribution in [0.15, 0.2) is 53.2 Å². The van der Waals surface area contributed by atoms with Gasteiger partial charge in [-0.2, -0.15) is 0 Å². The SMILES string of the molecule is Cc1cccc(C(=O)NCC(=O)N2CCc3sccc3[C@@H]2c2cccs2)c1. The zero-order valence-corrected chi connectivity index (χ0v) is 16.6. The van der Waals surface area contributed by atoms with Crippen molar-refractivity contribution >= 4 is 34.5 Å². The number of hydrogen-bond acceptors (Lipinski definition) is 4. The highest BCUT2D eigenvalue weighted by molar-refractivity contribution is 7.10. The molecule has 0 spiro atoms. The van der Waals surface area contributed by atoms with E-state index in [-0.39, 0.29) is 24.4 Å². The molecule has 6 heteroatoms. The fourth-order valence-corrected chi connectivity index (χ4v) is 5.24. The highest BCUT2D eigenvalue weighted by Crippen LogP contribution is 2.39. The molecule has 4 nitrogen and oxygen atoms in total. The smallest absolute Gasteiger partial charge is 0.251 e. The summed E-state index contributed by atoms with van der Waals surface area (Å²) >= 11 is 3.42. The molecule has 0 unspecified atom stereocenters. The Hall–Kier alpha value is -2.44. The predicted octanol–water partition coefficient (Wildman–Crippen LogP) is 4.02. The van der Waals surface area contributed by atoms with Crippen LogP contribution < -0.4 is 5.32 Å². The van der Waals surface area contributed by atoms with Crippen LogP contribution in [0.5, 0.6) is 0 Å². The Morgan fingerprint density at radius 3 is 2.81 bits per heavy atom. The number of rotatable bonds is 4. The summed E-state index contributed by atoms with van der Waals surface area (Å²) in [5.41, 5.74) is 2.82. The van der Waals surface area contributed by atoms with Gasteiger partial charge in [-0.25, -0.2) is 0 Å². The van der Waals surface area contributed by atoms with Crippen LogP contribution in [-0.2, 0) is 11.2 Å². The molecule has 1 aromatic carbocycles. The van der Waals surface area contributed by atoms with Gasteiger partial charge in [-0.05, 0) is 53.9 Å². The van der Waals surface area contributed by atoms with Crippen LogP contribution in [0.2, 0.25) is 0 Å². The standard InChI is InChI=1S/C21H20N2O2S2/c1-14-4-2-5-15(12-14)21(25)22-13-19(24)23-9-7-17-16(8-11-27-17)20(23)18-6-3-10-26-18/h2-6,8,10-12,20H,7,9,13H2,1H3,(H,22,25)/t20-/m1/s1. The molecule has 1 atom stereocenters. The van der Waals surface area contributed by atoms with Crippen LogP contribution in [0.3, 0.4) is 0 Å². The summed E-state index contributed by atoms with van der Waals surface area (Å²) < 4.78 is 0. The van der Waals surface area contributed by atoms with Crippen molar-refractivity contribution in [3.63, 3.8) is 0 Å². The van der Waals surface area contributed by atoms with Crippen LogP contribution in [0.1, 0.15) is 37.3 Å². The summed E-state index contributed by atoms with van der Waals surface area (Å²) in [6.45, 7) is 2.63. The lowest BCUT2D eigenvalue weighted by atomic mass is 9.98. The van der Waals surface area contributed by atoms with Crippen molar-refractivity contribution in [2.75, 3.05) is 13.1 Å².